The van der Waals surface area contributed by atoms with E-state index in [9.17, 15) is 18.0 Å². The molecule has 0 amide bonds. The molecule has 0 aromatic carbocycles. The first-order chi connectivity index (χ1) is 6.63. The molecule has 1 heterocycles. The predicted octanol–water partition coefficient (Wildman–Crippen LogP) is 0.630. The molecule has 15 heavy (non-hydrogen) atoms. The van der Waals surface area contributed by atoms with Gasteiger partial charge in [0.1, 0.15) is 6.61 Å². The molecule has 1 aliphatic heterocycles. The zero-order chi connectivity index (χ0) is 11.9. The third-order valence-electron chi connectivity index (χ3n) is 1.91. The lowest BCUT2D eigenvalue weighted by atomic mass is 10.1. The minimum atomic E-state index is -4.88. The van der Waals surface area contributed by atoms with E-state index in [4.69, 9.17) is 14.6 Å². The van der Waals surface area contributed by atoms with Gasteiger partial charge in [-0.1, -0.05) is 0 Å². The van der Waals surface area contributed by atoms with Crippen LogP contribution in [0.4, 0.5) is 13.2 Å². The standard InChI is InChI=1S/C8H11F3O4/c1-7(2)14-3-4(12)5(15-7)6(13)8(9,10)11/h5-6,13H,3H2,1-2H3/t5-,6+/m1/s1. The van der Waals surface area contributed by atoms with Crippen LogP contribution in [0.25, 0.3) is 0 Å². The van der Waals surface area contributed by atoms with E-state index in [1.54, 1.807) is 0 Å². The summed E-state index contributed by atoms with van der Waals surface area (Å²) in [5, 5.41) is 8.89. The number of ether oxygens (including phenoxy) is 2. The van der Waals surface area contributed by atoms with Gasteiger partial charge in [0.2, 0.25) is 0 Å². The van der Waals surface area contributed by atoms with Crippen molar-refractivity contribution < 1.29 is 32.5 Å². The minimum Gasteiger partial charge on any atom is -0.381 e. The number of hydrogen-bond donors (Lipinski definition) is 1. The van der Waals surface area contributed by atoms with Crippen molar-refractivity contribution in [3.05, 3.63) is 0 Å². The van der Waals surface area contributed by atoms with Crippen molar-refractivity contribution in [2.45, 2.75) is 38.0 Å². The Morgan fingerprint density at radius 1 is 1.53 bits per heavy atom. The number of halogens is 3. The molecule has 0 aromatic heterocycles. The van der Waals surface area contributed by atoms with Crippen molar-refractivity contribution in [2.24, 2.45) is 0 Å². The molecule has 0 saturated carbocycles. The molecule has 88 valence electrons. The Bertz CT molecular complexity index is 258. The number of rotatable bonds is 1. The largest absolute Gasteiger partial charge is 0.417 e. The molecule has 1 fully saturated rings. The average Bonchev–Trinajstić information content (AvgIpc) is 2.06. The Morgan fingerprint density at radius 3 is 2.53 bits per heavy atom. The maximum absolute atomic E-state index is 12.1. The van der Waals surface area contributed by atoms with Crippen molar-refractivity contribution in [2.75, 3.05) is 6.61 Å². The number of hydrogen-bond acceptors (Lipinski definition) is 4. The van der Waals surface area contributed by atoms with Crippen LogP contribution in [0.5, 0.6) is 0 Å². The highest BCUT2D eigenvalue weighted by atomic mass is 19.4. The van der Waals surface area contributed by atoms with E-state index < -0.39 is 36.6 Å². The first kappa shape index (κ1) is 12.4. The highest BCUT2D eigenvalue weighted by Crippen LogP contribution is 2.29. The van der Waals surface area contributed by atoms with Crippen LogP contribution >= 0.6 is 0 Å². The van der Waals surface area contributed by atoms with Crippen molar-refractivity contribution >= 4 is 5.78 Å². The minimum absolute atomic E-state index is 0.495. The van der Waals surface area contributed by atoms with Crippen molar-refractivity contribution in [1.29, 1.82) is 0 Å². The highest BCUT2D eigenvalue weighted by Gasteiger charge is 2.50. The zero-order valence-corrected chi connectivity index (χ0v) is 8.17. The summed E-state index contributed by atoms with van der Waals surface area (Å²) in [6, 6.07) is 0. The average molecular weight is 228 g/mol. The molecule has 1 rings (SSSR count). The number of carbonyl (C=O) groups excluding carboxylic acids is 1. The monoisotopic (exact) mass is 228 g/mol. The molecule has 0 aromatic rings. The lowest BCUT2D eigenvalue weighted by Gasteiger charge is -2.37. The zero-order valence-electron chi connectivity index (χ0n) is 8.17. The van der Waals surface area contributed by atoms with E-state index in [2.05, 4.69) is 0 Å². The Balaban J connectivity index is 2.79. The van der Waals surface area contributed by atoms with E-state index in [0.717, 1.165) is 0 Å². The van der Waals surface area contributed by atoms with Gasteiger partial charge in [-0.3, -0.25) is 4.79 Å². The van der Waals surface area contributed by atoms with E-state index >= 15 is 0 Å². The molecule has 0 radical (unpaired) electrons. The summed E-state index contributed by atoms with van der Waals surface area (Å²) in [5.74, 6) is -2.22. The van der Waals surface area contributed by atoms with Gasteiger partial charge in [0.25, 0.3) is 0 Å². The fraction of sp³-hybridized carbons (Fsp3) is 0.875. The molecule has 2 atom stereocenters. The Hall–Kier alpha value is -0.660. The third kappa shape index (κ3) is 2.90. The topological polar surface area (TPSA) is 55.8 Å². The quantitative estimate of drug-likeness (QED) is 0.715. The molecule has 4 nitrogen and oxygen atoms in total. The summed E-state index contributed by atoms with van der Waals surface area (Å²) < 4.78 is 46.0. The maximum Gasteiger partial charge on any atom is 0.417 e. The summed E-state index contributed by atoms with van der Waals surface area (Å²) >= 11 is 0. The number of aliphatic hydroxyl groups is 1. The Morgan fingerprint density at radius 2 is 2.07 bits per heavy atom. The fourth-order valence-corrected chi connectivity index (χ4v) is 1.14. The number of Topliss-reactive ketones (excluding diaryl/α,β-unsaturated/α-hetero) is 1. The van der Waals surface area contributed by atoms with Crippen molar-refractivity contribution in [3.8, 4) is 0 Å². The van der Waals surface area contributed by atoms with Crippen LogP contribution < -0.4 is 0 Å². The van der Waals surface area contributed by atoms with Gasteiger partial charge in [-0.15, -0.1) is 0 Å². The number of alkyl halides is 3. The Kier molecular flexibility index (Phi) is 3.09. The van der Waals surface area contributed by atoms with Gasteiger partial charge in [0.05, 0.1) is 0 Å². The van der Waals surface area contributed by atoms with E-state index in [1.807, 2.05) is 0 Å². The third-order valence-corrected chi connectivity index (χ3v) is 1.91. The number of carbonyl (C=O) groups is 1. The van der Waals surface area contributed by atoms with Crippen LogP contribution in [0.3, 0.4) is 0 Å². The SMILES string of the molecule is CC1(C)OCC(=O)[C@H]([C@H](O)C(F)(F)F)O1. The number of ketones is 1. The van der Waals surface area contributed by atoms with Crippen LogP contribution in [-0.2, 0) is 14.3 Å². The lowest BCUT2D eigenvalue weighted by Crippen LogP contribution is -2.55. The van der Waals surface area contributed by atoms with E-state index in [1.165, 1.54) is 13.8 Å². The Labute approximate surface area is 84.0 Å². The molecular formula is C8H11F3O4. The van der Waals surface area contributed by atoms with Gasteiger partial charge in [0.15, 0.2) is 23.8 Å². The van der Waals surface area contributed by atoms with Gasteiger partial charge >= 0.3 is 6.18 Å². The predicted molar refractivity (Wildman–Crippen MR) is 42.0 cm³/mol. The summed E-state index contributed by atoms with van der Waals surface area (Å²) in [7, 11) is 0. The van der Waals surface area contributed by atoms with Gasteiger partial charge in [-0.25, -0.2) is 0 Å². The number of aliphatic hydroxyl groups excluding tert-OH is 1. The van der Waals surface area contributed by atoms with Crippen LogP contribution in [-0.4, -0.2) is 41.7 Å². The second-order valence-electron chi connectivity index (χ2n) is 3.68. The summed E-state index contributed by atoms with van der Waals surface area (Å²) in [6.45, 7) is 2.25. The van der Waals surface area contributed by atoms with Gasteiger partial charge < -0.3 is 14.6 Å². The van der Waals surface area contributed by atoms with Gasteiger partial charge in [0, 0.05) is 0 Å². The van der Waals surface area contributed by atoms with E-state index in [-0.39, 0.29) is 0 Å². The molecular weight excluding hydrogens is 217 g/mol. The molecule has 0 spiro atoms. The van der Waals surface area contributed by atoms with Crippen LogP contribution in [0.2, 0.25) is 0 Å². The molecule has 0 aliphatic carbocycles. The second-order valence-corrected chi connectivity index (χ2v) is 3.68. The first-order valence-electron chi connectivity index (χ1n) is 4.23. The fourth-order valence-electron chi connectivity index (χ4n) is 1.14. The molecule has 0 bridgehead atoms. The van der Waals surface area contributed by atoms with Crippen molar-refractivity contribution in [3.63, 3.8) is 0 Å². The molecule has 0 unspecified atom stereocenters. The second kappa shape index (κ2) is 3.73. The van der Waals surface area contributed by atoms with Crippen molar-refractivity contribution in [1.82, 2.24) is 0 Å². The smallest absolute Gasteiger partial charge is 0.381 e. The normalized spacial score (nSPS) is 28.9. The first-order valence-corrected chi connectivity index (χ1v) is 4.23. The molecule has 1 N–H and O–H groups in total. The lowest BCUT2D eigenvalue weighted by molar-refractivity contribution is -0.303. The highest BCUT2D eigenvalue weighted by molar-refractivity contribution is 5.85. The molecule has 7 heteroatoms. The van der Waals surface area contributed by atoms with Crippen LogP contribution in [0.15, 0.2) is 0 Å². The van der Waals surface area contributed by atoms with Crippen LogP contribution in [0, 0.1) is 0 Å². The summed E-state index contributed by atoms with van der Waals surface area (Å²) in [6.07, 6.45) is -9.60. The summed E-state index contributed by atoms with van der Waals surface area (Å²) in [4.78, 5) is 11.1. The molecule has 1 saturated heterocycles. The molecule has 1 aliphatic rings. The van der Waals surface area contributed by atoms with Gasteiger partial charge in [-0.2, -0.15) is 13.2 Å². The maximum atomic E-state index is 12.1. The van der Waals surface area contributed by atoms with Crippen LogP contribution in [0.1, 0.15) is 13.8 Å². The summed E-state index contributed by atoms with van der Waals surface area (Å²) in [5.41, 5.74) is 0. The van der Waals surface area contributed by atoms with Gasteiger partial charge in [-0.05, 0) is 13.8 Å². The van der Waals surface area contributed by atoms with E-state index in [0.29, 0.717) is 0 Å².